The maximum atomic E-state index is 12.9. The zero-order chi connectivity index (χ0) is 23.0. The molecule has 4 rings (SSSR count). The Morgan fingerprint density at radius 3 is 2.31 bits per heavy atom. The van der Waals surface area contributed by atoms with Crippen LogP contribution in [0.15, 0.2) is 59.3 Å². The molecule has 0 saturated carbocycles. The quantitative estimate of drug-likeness (QED) is 0.489. The Hall–Kier alpha value is -3.20. The van der Waals surface area contributed by atoms with Crippen molar-refractivity contribution in [2.75, 3.05) is 15.5 Å². The molecule has 0 aliphatic carbocycles. The normalized spacial score (nSPS) is 13.7. The highest BCUT2D eigenvalue weighted by Crippen LogP contribution is 2.34. The molecule has 1 aliphatic rings. The molecule has 1 aliphatic heterocycles. The Bertz CT molecular complexity index is 1270. The molecular formula is C22H16Cl2N4O3S. The summed E-state index contributed by atoms with van der Waals surface area (Å²) >= 11 is 13.7. The Morgan fingerprint density at radius 2 is 1.69 bits per heavy atom. The second kappa shape index (κ2) is 8.74. The number of imide groups is 1. The zero-order valence-electron chi connectivity index (χ0n) is 16.9. The van der Waals surface area contributed by atoms with E-state index < -0.39 is 11.8 Å². The van der Waals surface area contributed by atoms with Crippen LogP contribution in [0.5, 0.6) is 0 Å². The van der Waals surface area contributed by atoms with Gasteiger partial charge in [-0.05, 0) is 50.2 Å². The summed E-state index contributed by atoms with van der Waals surface area (Å²) < 4.78 is 0. The fraction of sp³-hybridized carbons (Fsp3) is 0.0909. The number of hydrogen-bond acceptors (Lipinski definition) is 6. The van der Waals surface area contributed by atoms with Gasteiger partial charge in [-0.1, -0.05) is 35.3 Å². The topological polar surface area (TPSA) is 91.4 Å². The number of para-hydroxylation sites is 1. The van der Waals surface area contributed by atoms with Crippen molar-refractivity contribution in [1.82, 2.24) is 4.98 Å². The van der Waals surface area contributed by atoms with Crippen LogP contribution >= 0.6 is 34.5 Å². The summed E-state index contributed by atoms with van der Waals surface area (Å²) in [6.45, 7) is 3.81. The smallest absolute Gasteiger partial charge is 0.283 e. The number of rotatable bonds is 5. The van der Waals surface area contributed by atoms with Gasteiger partial charge in [0.1, 0.15) is 10.7 Å². The van der Waals surface area contributed by atoms with E-state index in [1.165, 1.54) is 11.3 Å². The first-order chi connectivity index (χ1) is 15.3. The largest absolute Gasteiger partial charge is 0.350 e. The molecule has 10 heteroatoms. The number of anilines is 3. The molecule has 0 spiro atoms. The SMILES string of the molecule is Cc1nc(NC(=O)c2ccc(NC3=C(Cl)C(=O)N(c4ccccc4Cl)C3=O)cc2)sc1C. The van der Waals surface area contributed by atoms with Crippen LogP contribution in [-0.2, 0) is 9.59 Å². The van der Waals surface area contributed by atoms with Gasteiger partial charge in [-0.25, -0.2) is 9.88 Å². The minimum atomic E-state index is -0.669. The molecule has 0 unspecified atom stereocenters. The van der Waals surface area contributed by atoms with Gasteiger partial charge >= 0.3 is 0 Å². The number of amides is 3. The van der Waals surface area contributed by atoms with E-state index in [1.54, 1.807) is 48.5 Å². The predicted molar refractivity (Wildman–Crippen MR) is 126 cm³/mol. The summed E-state index contributed by atoms with van der Waals surface area (Å²) in [6.07, 6.45) is 0. The monoisotopic (exact) mass is 486 g/mol. The van der Waals surface area contributed by atoms with Crippen LogP contribution in [0.1, 0.15) is 20.9 Å². The number of thiazole rings is 1. The van der Waals surface area contributed by atoms with Gasteiger partial charge < -0.3 is 5.32 Å². The van der Waals surface area contributed by atoms with Gasteiger partial charge in [-0.2, -0.15) is 0 Å². The Morgan fingerprint density at radius 1 is 1.00 bits per heavy atom. The average Bonchev–Trinajstić information content (AvgIpc) is 3.19. The maximum absolute atomic E-state index is 12.9. The van der Waals surface area contributed by atoms with Gasteiger partial charge in [0.05, 0.1) is 16.4 Å². The van der Waals surface area contributed by atoms with E-state index in [4.69, 9.17) is 23.2 Å². The summed E-state index contributed by atoms with van der Waals surface area (Å²) in [5, 5.41) is 6.16. The fourth-order valence-electron chi connectivity index (χ4n) is 3.01. The Labute approximate surface area is 197 Å². The standard InChI is InChI=1S/C22H16Cl2N4O3S/c1-11-12(2)32-22(25-11)27-19(29)13-7-9-14(10-8-13)26-18-17(24)20(30)28(21(18)31)16-6-4-3-5-15(16)23/h3-10,26H,1-2H3,(H,25,27,29). The number of nitrogens with zero attached hydrogens (tertiary/aromatic N) is 2. The number of aromatic nitrogens is 1. The van der Waals surface area contributed by atoms with Gasteiger partial charge in [0.2, 0.25) is 0 Å². The molecule has 162 valence electrons. The summed E-state index contributed by atoms with van der Waals surface area (Å²) in [4.78, 5) is 44.1. The second-order valence-electron chi connectivity index (χ2n) is 6.90. The number of carbonyl (C=O) groups excluding carboxylic acids is 3. The summed E-state index contributed by atoms with van der Waals surface area (Å²) in [7, 11) is 0. The highest BCUT2D eigenvalue weighted by molar-refractivity contribution is 7.15. The molecule has 0 radical (unpaired) electrons. The van der Waals surface area contributed by atoms with Crippen molar-refractivity contribution in [3.8, 4) is 0 Å². The van der Waals surface area contributed by atoms with Crippen molar-refractivity contribution in [2.45, 2.75) is 13.8 Å². The van der Waals surface area contributed by atoms with E-state index >= 15 is 0 Å². The molecule has 2 aromatic carbocycles. The molecule has 3 aromatic rings. The maximum Gasteiger partial charge on any atom is 0.283 e. The van der Waals surface area contributed by atoms with Crippen molar-refractivity contribution < 1.29 is 14.4 Å². The third-order valence-corrected chi connectivity index (χ3v) is 6.44. The van der Waals surface area contributed by atoms with Crippen molar-refractivity contribution in [2.24, 2.45) is 0 Å². The molecule has 32 heavy (non-hydrogen) atoms. The van der Waals surface area contributed by atoms with Gasteiger partial charge in [-0.3, -0.25) is 19.7 Å². The number of halogens is 2. The Balaban J connectivity index is 1.49. The van der Waals surface area contributed by atoms with Crippen LogP contribution in [0.3, 0.4) is 0 Å². The summed E-state index contributed by atoms with van der Waals surface area (Å²) in [5.41, 5.74) is 1.95. The van der Waals surface area contributed by atoms with Crippen LogP contribution in [0.2, 0.25) is 5.02 Å². The molecular weight excluding hydrogens is 471 g/mol. The van der Waals surface area contributed by atoms with Crippen LogP contribution in [0.4, 0.5) is 16.5 Å². The lowest BCUT2D eigenvalue weighted by molar-refractivity contribution is -0.120. The molecule has 1 aromatic heterocycles. The Kier molecular flexibility index (Phi) is 6.01. The lowest BCUT2D eigenvalue weighted by Crippen LogP contribution is -2.32. The number of nitrogens with one attached hydrogen (secondary N) is 2. The zero-order valence-corrected chi connectivity index (χ0v) is 19.2. The first-order valence-corrected chi connectivity index (χ1v) is 11.0. The molecule has 0 saturated heterocycles. The van der Waals surface area contributed by atoms with Crippen LogP contribution < -0.4 is 15.5 Å². The molecule has 7 nitrogen and oxygen atoms in total. The van der Waals surface area contributed by atoms with Crippen LogP contribution in [0.25, 0.3) is 0 Å². The van der Waals surface area contributed by atoms with Gasteiger partial charge in [0.15, 0.2) is 5.13 Å². The predicted octanol–water partition coefficient (Wildman–Crippen LogP) is 5.10. The third-order valence-electron chi connectivity index (χ3n) is 4.79. The molecule has 3 amide bonds. The molecule has 0 bridgehead atoms. The lowest BCUT2D eigenvalue weighted by atomic mass is 10.2. The average molecular weight is 487 g/mol. The number of aryl methyl sites for hydroxylation is 2. The van der Waals surface area contributed by atoms with Crippen LogP contribution in [0, 0.1) is 13.8 Å². The fourth-order valence-corrected chi connectivity index (χ4v) is 4.25. The minimum absolute atomic E-state index is 0.0671. The molecule has 0 fully saturated rings. The van der Waals surface area contributed by atoms with Gasteiger partial charge in [0.25, 0.3) is 17.7 Å². The van der Waals surface area contributed by atoms with Crippen molar-refractivity contribution >= 4 is 68.8 Å². The molecule has 0 atom stereocenters. The van der Waals surface area contributed by atoms with E-state index in [2.05, 4.69) is 15.6 Å². The van der Waals surface area contributed by atoms with E-state index in [0.29, 0.717) is 16.4 Å². The first-order valence-electron chi connectivity index (χ1n) is 9.42. The highest BCUT2D eigenvalue weighted by Gasteiger charge is 2.39. The van der Waals surface area contributed by atoms with Crippen molar-refractivity contribution in [3.05, 3.63) is 80.4 Å². The number of carbonyl (C=O) groups is 3. The lowest BCUT2D eigenvalue weighted by Gasteiger charge is -2.16. The van der Waals surface area contributed by atoms with Gasteiger partial charge in [0, 0.05) is 16.1 Å². The summed E-state index contributed by atoms with van der Waals surface area (Å²) in [5.74, 6) is -1.60. The van der Waals surface area contributed by atoms with Crippen molar-refractivity contribution in [3.63, 3.8) is 0 Å². The number of hydrogen-bond donors (Lipinski definition) is 2. The van der Waals surface area contributed by atoms with E-state index in [9.17, 15) is 14.4 Å². The third kappa shape index (κ3) is 4.12. The van der Waals surface area contributed by atoms with Crippen LogP contribution in [-0.4, -0.2) is 22.7 Å². The van der Waals surface area contributed by atoms with E-state index in [0.717, 1.165) is 15.5 Å². The number of benzene rings is 2. The van der Waals surface area contributed by atoms with Gasteiger partial charge in [-0.15, -0.1) is 11.3 Å². The summed E-state index contributed by atoms with van der Waals surface area (Å²) in [6, 6.07) is 12.9. The molecule has 2 heterocycles. The van der Waals surface area contributed by atoms with E-state index in [1.807, 2.05) is 13.8 Å². The van der Waals surface area contributed by atoms with E-state index in [-0.39, 0.29) is 27.3 Å². The second-order valence-corrected chi connectivity index (χ2v) is 8.89. The molecule has 2 N–H and O–H groups in total. The first kappa shape index (κ1) is 22.0. The minimum Gasteiger partial charge on any atom is -0.350 e. The van der Waals surface area contributed by atoms with Crippen molar-refractivity contribution in [1.29, 1.82) is 0 Å². The highest BCUT2D eigenvalue weighted by atomic mass is 35.5.